The van der Waals surface area contributed by atoms with E-state index in [0.717, 1.165) is 9.82 Å². The molecule has 0 aliphatic carbocycles. The molecule has 0 saturated carbocycles. The van der Waals surface area contributed by atoms with Gasteiger partial charge in [-0.05, 0) is 48.9 Å². The molecular weight excluding hydrogens is 402 g/mol. The van der Waals surface area contributed by atoms with Crippen LogP contribution in [0.4, 0.5) is 5.69 Å². The Morgan fingerprint density at radius 2 is 1.89 bits per heavy atom. The zero-order valence-electron chi connectivity index (χ0n) is 15.5. The highest BCUT2D eigenvalue weighted by molar-refractivity contribution is 7.89. The molecule has 1 amide bonds. The molecule has 0 atom stereocenters. The van der Waals surface area contributed by atoms with Crippen LogP contribution in [0.2, 0.25) is 5.02 Å². The third kappa shape index (κ3) is 4.49. The van der Waals surface area contributed by atoms with E-state index in [2.05, 4.69) is 15.6 Å². The molecule has 0 fully saturated rings. The summed E-state index contributed by atoms with van der Waals surface area (Å²) >= 11 is 5.82. The monoisotopic (exact) mass is 421 g/mol. The highest BCUT2D eigenvalue weighted by Gasteiger charge is 2.18. The van der Waals surface area contributed by atoms with Crippen molar-refractivity contribution in [1.82, 2.24) is 19.3 Å². The summed E-state index contributed by atoms with van der Waals surface area (Å²) in [6.07, 6.45) is 0.882. The van der Waals surface area contributed by atoms with Gasteiger partial charge in [-0.2, -0.15) is 0 Å². The Labute approximate surface area is 168 Å². The van der Waals surface area contributed by atoms with Gasteiger partial charge in [-0.3, -0.25) is 4.79 Å². The number of fused-ring (bicyclic) bond motifs is 1. The zero-order valence-corrected chi connectivity index (χ0v) is 17.0. The average molecular weight is 422 g/mol. The fourth-order valence-corrected chi connectivity index (χ4v) is 3.68. The second-order valence-electron chi connectivity index (χ2n) is 6.41. The molecule has 0 radical (unpaired) electrons. The summed E-state index contributed by atoms with van der Waals surface area (Å²) in [5, 5.41) is 11.5. The molecule has 0 aliphatic rings. The largest absolute Gasteiger partial charge is 0.326 e. The number of carbonyl (C=O) groups excluding carboxylic acids is 1. The normalized spacial score (nSPS) is 11.9. The van der Waals surface area contributed by atoms with Crippen molar-refractivity contribution in [2.24, 2.45) is 0 Å². The van der Waals surface area contributed by atoms with E-state index in [-0.39, 0.29) is 10.8 Å². The molecule has 0 spiro atoms. The number of anilines is 1. The van der Waals surface area contributed by atoms with Crippen LogP contribution in [0.1, 0.15) is 12.8 Å². The van der Waals surface area contributed by atoms with Crippen molar-refractivity contribution in [2.45, 2.75) is 24.3 Å². The lowest BCUT2D eigenvalue weighted by atomic mass is 10.2. The third-order valence-corrected chi connectivity index (χ3v) is 6.23. The highest BCUT2D eigenvalue weighted by Crippen LogP contribution is 2.20. The van der Waals surface area contributed by atoms with Crippen LogP contribution in [-0.4, -0.2) is 47.7 Å². The van der Waals surface area contributed by atoms with Crippen LogP contribution in [0, 0.1) is 0 Å². The van der Waals surface area contributed by atoms with Crippen LogP contribution in [-0.2, 0) is 21.4 Å². The van der Waals surface area contributed by atoms with E-state index in [1.807, 2.05) is 0 Å². The number of benzene rings is 2. The van der Waals surface area contributed by atoms with Crippen molar-refractivity contribution < 1.29 is 13.2 Å². The highest BCUT2D eigenvalue weighted by atomic mass is 35.5. The van der Waals surface area contributed by atoms with E-state index in [9.17, 15) is 13.2 Å². The summed E-state index contributed by atoms with van der Waals surface area (Å²) in [7, 11) is -0.569. The van der Waals surface area contributed by atoms with E-state index in [0.29, 0.717) is 35.6 Å². The van der Waals surface area contributed by atoms with Gasteiger partial charge in [0.1, 0.15) is 5.52 Å². The molecule has 8 nitrogen and oxygen atoms in total. The maximum atomic E-state index is 12.2. The predicted molar refractivity (Wildman–Crippen MR) is 108 cm³/mol. The van der Waals surface area contributed by atoms with Crippen LogP contribution in [0.3, 0.4) is 0 Å². The SMILES string of the molecule is CN(C)S(=O)(=O)c1ccc2c(c1)nnn2CCCC(=O)Nc1ccc(Cl)cc1. The fourth-order valence-electron chi connectivity index (χ4n) is 2.63. The maximum absolute atomic E-state index is 12.2. The molecule has 0 aliphatic heterocycles. The Morgan fingerprint density at radius 3 is 2.57 bits per heavy atom. The zero-order chi connectivity index (χ0) is 20.3. The topological polar surface area (TPSA) is 97.2 Å². The quantitative estimate of drug-likeness (QED) is 0.632. The molecular formula is C18H20ClN5O3S. The molecule has 0 unspecified atom stereocenters. The summed E-state index contributed by atoms with van der Waals surface area (Å²) in [4.78, 5) is 12.2. The van der Waals surface area contributed by atoms with E-state index < -0.39 is 10.0 Å². The lowest BCUT2D eigenvalue weighted by molar-refractivity contribution is -0.116. The molecule has 28 heavy (non-hydrogen) atoms. The molecule has 1 N–H and O–H groups in total. The van der Waals surface area contributed by atoms with Crippen LogP contribution < -0.4 is 5.32 Å². The van der Waals surface area contributed by atoms with E-state index in [4.69, 9.17) is 11.6 Å². The maximum Gasteiger partial charge on any atom is 0.242 e. The van der Waals surface area contributed by atoms with Gasteiger partial charge >= 0.3 is 0 Å². The number of nitrogens with one attached hydrogen (secondary N) is 1. The molecule has 10 heteroatoms. The van der Waals surface area contributed by atoms with Crippen molar-refractivity contribution in [2.75, 3.05) is 19.4 Å². The van der Waals surface area contributed by atoms with E-state index in [1.165, 1.54) is 26.2 Å². The van der Waals surface area contributed by atoms with Gasteiger partial charge in [0.25, 0.3) is 0 Å². The van der Waals surface area contributed by atoms with Crippen LogP contribution in [0.25, 0.3) is 11.0 Å². The first-order valence-corrected chi connectivity index (χ1v) is 10.4. The number of amides is 1. The second-order valence-corrected chi connectivity index (χ2v) is 9.00. The van der Waals surface area contributed by atoms with Gasteiger partial charge in [0.05, 0.1) is 10.4 Å². The van der Waals surface area contributed by atoms with Gasteiger partial charge in [-0.15, -0.1) is 5.10 Å². The first kappa shape index (κ1) is 20.2. The number of sulfonamides is 1. The second kappa shape index (κ2) is 8.26. The van der Waals surface area contributed by atoms with Crippen molar-refractivity contribution in [3.63, 3.8) is 0 Å². The molecule has 3 aromatic rings. The summed E-state index contributed by atoms with van der Waals surface area (Å²) in [6, 6.07) is 11.6. The molecule has 148 valence electrons. The number of hydrogen-bond donors (Lipinski definition) is 1. The Bertz CT molecular complexity index is 1090. The summed E-state index contributed by atoms with van der Waals surface area (Å²) < 4.78 is 27.2. The minimum Gasteiger partial charge on any atom is -0.326 e. The third-order valence-electron chi connectivity index (χ3n) is 4.17. The van der Waals surface area contributed by atoms with Gasteiger partial charge in [-0.25, -0.2) is 17.4 Å². The van der Waals surface area contributed by atoms with Crippen LogP contribution in [0.5, 0.6) is 0 Å². The van der Waals surface area contributed by atoms with Gasteiger partial charge < -0.3 is 5.32 Å². The molecule has 0 saturated heterocycles. The van der Waals surface area contributed by atoms with Crippen LogP contribution >= 0.6 is 11.6 Å². The standard InChI is InChI=1S/C18H20ClN5O3S/c1-23(2)28(26,27)15-9-10-17-16(12-15)21-22-24(17)11-3-4-18(25)20-14-7-5-13(19)6-8-14/h5-10,12H,3-4,11H2,1-2H3,(H,20,25). The molecule has 3 rings (SSSR count). The fraction of sp³-hybridized carbons (Fsp3) is 0.278. The first-order valence-electron chi connectivity index (χ1n) is 8.58. The number of aryl methyl sites for hydroxylation is 1. The number of carbonyl (C=O) groups is 1. The molecule has 1 heterocycles. The molecule has 0 bridgehead atoms. The number of nitrogens with zero attached hydrogens (tertiary/aromatic N) is 4. The van der Waals surface area contributed by atoms with Gasteiger partial charge in [0, 0.05) is 37.8 Å². The lowest BCUT2D eigenvalue weighted by Crippen LogP contribution is -2.22. The number of aromatic nitrogens is 3. The molecule has 2 aromatic carbocycles. The average Bonchev–Trinajstić information content (AvgIpc) is 3.06. The number of rotatable bonds is 7. The Morgan fingerprint density at radius 1 is 1.18 bits per heavy atom. The minimum atomic E-state index is -3.52. The summed E-state index contributed by atoms with van der Waals surface area (Å²) in [6.45, 7) is 0.490. The van der Waals surface area contributed by atoms with Crippen molar-refractivity contribution in [1.29, 1.82) is 0 Å². The lowest BCUT2D eigenvalue weighted by Gasteiger charge is -2.11. The first-order chi connectivity index (χ1) is 13.3. The Kier molecular flexibility index (Phi) is 5.97. The number of halogens is 1. The number of hydrogen-bond acceptors (Lipinski definition) is 5. The predicted octanol–water partition coefficient (Wildman–Crippen LogP) is 2.75. The van der Waals surface area contributed by atoms with E-state index >= 15 is 0 Å². The van der Waals surface area contributed by atoms with Gasteiger partial charge in [-0.1, -0.05) is 16.8 Å². The summed E-state index contributed by atoms with van der Waals surface area (Å²) in [5.74, 6) is -0.105. The van der Waals surface area contributed by atoms with Gasteiger partial charge in [0.15, 0.2) is 0 Å². The smallest absolute Gasteiger partial charge is 0.242 e. The van der Waals surface area contributed by atoms with Crippen LogP contribution in [0.15, 0.2) is 47.4 Å². The van der Waals surface area contributed by atoms with Crippen molar-refractivity contribution in [3.05, 3.63) is 47.5 Å². The molecule has 1 aromatic heterocycles. The Hall–Kier alpha value is -2.49. The Balaban J connectivity index is 1.62. The summed E-state index contributed by atoms with van der Waals surface area (Å²) in [5.41, 5.74) is 1.90. The van der Waals surface area contributed by atoms with Crippen molar-refractivity contribution in [3.8, 4) is 0 Å². The van der Waals surface area contributed by atoms with E-state index in [1.54, 1.807) is 35.0 Å². The minimum absolute atomic E-state index is 0.105. The van der Waals surface area contributed by atoms with Gasteiger partial charge in [0.2, 0.25) is 15.9 Å². The van der Waals surface area contributed by atoms with Crippen molar-refractivity contribution >= 4 is 44.3 Å².